The highest BCUT2D eigenvalue weighted by atomic mass is 32.2. The number of rotatable bonds is 5. The van der Waals surface area contributed by atoms with E-state index in [2.05, 4.69) is 5.32 Å². The Morgan fingerprint density at radius 1 is 1.21 bits per heavy atom. The quantitative estimate of drug-likeness (QED) is 0.577. The second-order valence-electron chi connectivity index (χ2n) is 6.11. The molecule has 2 aromatic rings. The lowest BCUT2D eigenvalue weighted by Crippen LogP contribution is -2.33. The first-order valence-corrected chi connectivity index (χ1v) is 9.51. The molecule has 0 bridgehead atoms. The van der Waals surface area contributed by atoms with Crippen LogP contribution >= 0.6 is 24.0 Å². The molecule has 0 aliphatic carbocycles. The van der Waals surface area contributed by atoms with Gasteiger partial charge in [-0.3, -0.25) is 19.3 Å². The molecule has 28 heavy (non-hydrogen) atoms. The number of amides is 2. The number of anilines is 1. The number of thioether (sulfide) groups is 1. The van der Waals surface area contributed by atoms with Crippen molar-refractivity contribution in [1.82, 2.24) is 4.90 Å². The fourth-order valence-electron chi connectivity index (χ4n) is 2.54. The van der Waals surface area contributed by atoms with E-state index in [-0.39, 0.29) is 10.2 Å². The number of thiocarbonyl (C=S) groups is 1. The molecule has 0 saturated carbocycles. The first kappa shape index (κ1) is 19.8. The van der Waals surface area contributed by atoms with Gasteiger partial charge < -0.3 is 10.4 Å². The van der Waals surface area contributed by atoms with Crippen LogP contribution in [-0.2, 0) is 9.59 Å². The summed E-state index contributed by atoms with van der Waals surface area (Å²) in [7, 11) is 0. The average Bonchev–Trinajstić information content (AvgIpc) is 2.89. The molecule has 0 radical (unpaired) electrons. The fourth-order valence-corrected chi connectivity index (χ4v) is 3.79. The third-order valence-corrected chi connectivity index (χ3v) is 5.30. The Hall–Kier alpha value is -2.97. The first-order valence-electron chi connectivity index (χ1n) is 8.29. The van der Waals surface area contributed by atoms with Gasteiger partial charge in [0.2, 0.25) is 0 Å². The average molecular weight is 412 g/mol. The molecule has 1 saturated heterocycles. The largest absolute Gasteiger partial charge is 0.480 e. The van der Waals surface area contributed by atoms with Crippen LogP contribution in [0.1, 0.15) is 21.5 Å². The van der Waals surface area contributed by atoms with Crippen LogP contribution < -0.4 is 5.32 Å². The van der Waals surface area contributed by atoms with Gasteiger partial charge in [0.15, 0.2) is 0 Å². The van der Waals surface area contributed by atoms with E-state index in [1.54, 1.807) is 42.5 Å². The van der Waals surface area contributed by atoms with E-state index in [0.717, 1.165) is 22.2 Å². The fraction of sp³-hybridized carbons (Fsp3) is 0.100. The van der Waals surface area contributed by atoms with Crippen LogP contribution in [0.5, 0.6) is 0 Å². The van der Waals surface area contributed by atoms with Crippen molar-refractivity contribution in [2.24, 2.45) is 0 Å². The highest BCUT2D eigenvalue weighted by Gasteiger charge is 2.33. The van der Waals surface area contributed by atoms with E-state index in [9.17, 15) is 14.4 Å². The Morgan fingerprint density at radius 3 is 2.61 bits per heavy atom. The van der Waals surface area contributed by atoms with Gasteiger partial charge in [-0.2, -0.15) is 0 Å². The zero-order valence-electron chi connectivity index (χ0n) is 14.8. The summed E-state index contributed by atoms with van der Waals surface area (Å²) in [4.78, 5) is 37.0. The number of hydrogen-bond donors (Lipinski definition) is 2. The number of carboxylic acids is 1. The van der Waals surface area contributed by atoms with E-state index < -0.39 is 18.4 Å². The Labute approximate surface area is 171 Å². The lowest BCUT2D eigenvalue weighted by atomic mass is 10.1. The summed E-state index contributed by atoms with van der Waals surface area (Å²) in [6.07, 6.45) is 1.63. The Balaban J connectivity index is 1.76. The van der Waals surface area contributed by atoms with Gasteiger partial charge in [-0.15, -0.1) is 0 Å². The molecular formula is C20H16N2O4S2. The minimum absolute atomic E-state index is 0.211. The maximum Gasteiger partial charge on any atom is 0.323 e. The van der Waals surface area contributed by atoms with Gasteiger partial charge in [0, 0.05) is 11.3 Å². The zero-order valence-corrected chi connectivity index (χ0v) is 16.5. The van der Waals surface area contributed by atoms with Crippen molar-refractivity contribution >= 4 is 57.8 Å². The lowest BCUT2D eigenvalue weighted by Gasteiger charge is -2.10. The molecule has 1 heterocycles. The van der Waals surface area contributed by atoms with E-state index >= 15 is 0 Å². The summed E-state index contributed by atoms with van der Waals surface area (Å²) in [6, 6.07) is 14.3. The lowest BCUT2D eigenvalue weighted by molar-refractivity contribution is -0.140. The number of carbonyl (C=O) groups is 3. The van der Waals surface area contributed by atoms with Crippen LogP contribution in [0.3, 0.4) is 0 Å². The highest BCUT2D eigenvalue weighted by molar-refractivity contribution is 8.26. The van der Waals surface area contributed by atoms with Crippen molar-refractivity contribution in [1.29, 1.82) is 0 Å². The number of carbonyl (C=O) groups excluding carboxylic acids is 2. The molecule has 1 aliphatic heterocycles. The summed E-state index contributed by atoms with van der Waals surface area (Å²) in [6.45, 7) is 1.49. The summed E-state index contributed by atoms with van der Waals surface area (Å²) in [5.74, 6) is -1.80. The van der Waals surface area contributed by atoms with Crippen LogP contribution in [0.2, 0.25) is 0 Å². The summed E-state index contributed by atoms with van der Waals surface area (Å²) in [5.41, 5.74) is 2.89. The molecule has 1 fully saturated rings. The zero-order chi connectivity index (χ0) is 20.3. The van der Waals surface area contributed by atoms with Gasteiger partial charge in [0.1, 0.15) is 10.9 Å². The number of carboxylic acid groups (broad SMARTS) is 1. The summed E-state index contributed by atoms with van der Waals surface area (Å²) < 4.78 is 0.211. The number of benzene rings is 2. The topological polar surface area (TPSA) is 86.7 Å². The van der Waals surface area contributed by atoms with Gasteiger partial charge in [0.25, 0.3) is 11.8 Å². The number of hydrogen-bond acceptors (Lipinski definition) is 5. The minimum Gasteiger partial charge on any atom is -0.480 e. The normalized spacial score (nSPS) is 15.2. The standard InChI is InChI=1S/C20H16N2O4S2/c1-12-5-7-14(8-6-12)18(25)21-15-4-2-3-13(9-15)10-16-19(26)22(11-17(23)24)20(27)28-16/h2-10H,11H2,1H3,(H,21,25)(H,23,24)/b16-10-. The molecule has 1 aliphatic rings. The Bertz CT molecular complexity index is 1000. The number of aliphatic carboxylic acids is 1. The second-order valence-corrected chi connectivity index (χ2v) is 7.78. The van der Waals surface area contributed by atoms with Crippen molar-refractivity contribution in [2.75, 3.05) is 11.9 Å². The van der Waals surface area contributed by atoms with E-state index in [1.165, 1.54) is 0 Å². The van der Waals surface area contributed by atoms with E-state index in [1.807, 2.05) is 19.1 Å². The molecule has 8 heteroatoms. The molecule has 2 amide bonds. The third kappa shape index (κ3) is 4.65. The smallest absolute Gasteiger partial charge is 0.323 e. The van der Waals surface area contributed by atoms with Crippen molar-refractivity contribution in [3.63, 3.8) is 0 Å². The molecule has 0 atom stereocenters. The molecule has 3 rings (SSSR count). The van der Waals surface area contributed by atoms with E-state index in [4.69, 9.17) is 17.3 Å². The Morgan fingerprint density at radius 2 is 1.93 bits per heavy atom. The summed E-state index contributed by atoms with van der Waals surface area (Å²) >= 11 is 6.14. The van der Waals surface area contributed by atoms with Crippen molar-refractivity contribution in [3.8, 4) is 0 Å². The maximum atomic E-state index is 12.4. The second kappa shape index (κ2) is 8.37. The maximum absolute atomic E-state index is 12.4. The molecule has 0 unspecified atom stereocenters. The van der Waals surface area contributed by atoms with Crippen LogP contribution in [-0.4, -0.2) is 38.7 Å². The van der Waals surface area contributed by atoms with Crippen molar-refractivity contribution in [2.45, 2.75) is 6.92 Å². The molecule has 0 aromatic heterocycles. The predicted octanol–water partition coefficient (Wildman–Crippen LogP) is 3.53. The number of nitrogens with one attached hydrogen (secondary N) is 1. The number of aryl methyl sites for hydroxylation is 1. The van der Waals surface area contributed by atoms with Crippen LogP contribution in [0.25, 0.3) is 6.08 Å². The monoisotopic (exact) mass is 412 g/mol. The SMILES string of the molecule is Cc1ccc(C(=O)Nc2cccc(/C=C3\SC(=S)N(CC(=O)O)C3=O)c2)cc1. The van der Waals surface area contributed by atoms with Crippen molar-refractivity contribution in [3.05, 3.63) is 70.1 Å². The highest BCUT2D eigenvalue weighted by Crippen LogP contribution is 2.32. The molecule has 2 aromatic carbocycles. The molecule has 142 valence electrons. The first-order chi connectivity index (χ1) is 13.3. The van der Waals surface area contributed by atoms with Gasteiger partial charge >= 0.3 is 5.97 Å². The molecular weight excluding hydrogens is 396 g/mol. The molecule has 6 nitrogen and oxygen atoms in total. The minimum atomic E-state index is -1.13. The van der Waals surface area contributed by atoms with Gasteiger partial charge in [-0.25, -0.2) is 0 Å². The van der Waals surface area contributed by atoms with Crippen LogP contribution in [0.4, 0.5) is 5.69 Å². The third-order valence-electron chi connectivity index (χ3n) is 3.92. The van der Waals surface area contributed by atoms with Crippen LogP contribution in [0.15, 0.2) is 53.4 Å². The molecule has 2 N–H and O–H groups in total. The summed E-state index contributed by atoms with van der Waals surface area (Å²) in [5, 5.41) is 11.7. The number of nitrogens with zero attached hydrogens (tertiary/aromatic N) is 1. The Kier molecular flexibility index (Phi) is 5.91. The van der Waals surface area contributed by atoms with Crippen LogP contribution in [0, 0.1) is 6.92 Å². The van der Waals surface area contributed by atoms with Crippen molar-refractivity contribution < 1.29 is 19.5 Å². The van der Waals surface area contributed by atoms with Gasteiger partial charge in [-0.05, 0) is 42.8 Å². The van der Waals surface area contributed by atoms with E-state index in [0.29, 0.717) is 21.7 Å². The predicted molar refractivity (Wildman–Crippen MR) is 113 cm³/mol. The van der Waals surface area contributed by atoms with Gasteiger partial charge in [0.05, 0.1) is 4.91 Å². The van der Waals surface area contributed by atoms with Gasteiger partial charge in [-0.1, -0.05) is 53.8 Å². The molecule has 0 spiro atoms.